The Morgan fingerprint density at radius 2 is 1.92 bits per heavy atom. The molecule has 0 saturated carbocycles. The van der Waals surface area contributed by atoms with E-state index in [0.717, 1.165) is 0 Å². The van der Waals surface area contributed by atoms with Crippen LogP contribution in [0.1, 0.15) is 11.7 Å². The van der Waals surface area contributed by atoms with Gasteiger partial charge >= 0.3 is 0 Å². The Morgan fingerprint density at radius 3 is 2.54 bits per heavy atom. The lowest BCUT2D eigenvalue weighted by molar-refractivity contribution is -0.384. The number of aliphatic hydroxyl groups excluding tert-OH is 1. The third-order valence-corrected chi connectivity index (χ3v) is 3.93. The molecule has 0 aromatic heterocycles. The molecule has 1 unspecified atom stereocenters. The van der Waals surface area contributed by atoms with Crippen LogP contribution < -0.4 is 14.8 Å². The smallest absolute Gasteiger partial charge is 0.292 e. The summed E-state index contributed by atoms with van der Waals surface area (Å²) in [5.74, 6) is 1.06. The minimum Gasteiger partial charge on any atom is -0.493 e. The van der Waals surface area contributed by atoms with Crippen LogP contribution >= 0.6 is 15.9 Å². The van der Waals surface area contributed by atoms with Gasteiger partial charge in [-0.15, -0.1) is 0 Å². The van der Waals surface area contributed by atoms with Crippen molar-refractivity contribution < 1.29 is 19.5 Å². The highest BCUT2D eigenvalue weighted by atomic mass is 79.9. The second-order valence-corrected chi connectivity index (χ2v) is 5.85. The Labute approximate surface area is 147 Å². The van der Waals surface area contributed by atoms with Crippen LogP contribution in [0, 0.1) is 10.1 Å². The lowest BCUT2D eigenvalue weighted by Crippen LogP contribution is -2.13. The minimum atomic E-state index is -0.872. The van der Waals surface area contributed by atoms with Gasteiger partial charge < -0.3 is 19.9 Å². The van der Waals surface area contributed by atoms with E-state index in [1.165, 1.54) is 20.3 Å². The Kier molecular flexibility index (Phi) is 5.99. The number of nitrogens with one attached hydrogen (secondary N) is 1. The summed E-state index contributed by atoms with van der Waals surface area (Å²) < 4.78 is 11.1. The molecule has 0 bridgehead atoms. The number of aliphatic hydroxyl groups is 1. The molecule has 1 atom stereocenters. The van der Waals surface area contributed by atoms with E-state index in [9.17, 15) is 15.2 Å². The zero-order chi connectivity index (χ0) is 17.7. The van der Waals surface area contributed by atoms with Gasteiger partial charge in [-0.25, -0.2) is 0 Å². The number of nitro benzene ring substituents is 1. The summed E-state index contributed by atoms with van der Waals surface area (Å²) >= 11 is 3.28. The molecule has 0 aliphatic carbocycles. The quantitative estimate of drug-likeness (QED) is 0.549. The van der Waals surface area contributed by atoms with Crippen molar-refractivity contribution in [2.24, 2.45) is 0 Å². The number of anilines is 1. The number of hydrogen-bond donors (Lipinski definition) is 2. The van der Waals surface area contributed by atoms with Gasteiger partial charge in [-0.2, -0.15) is 0 Å². The fourth-order valence-corrected chi connectivity index (χ4v) is 2.55. The molecule has 0 aliphatic heterocycles. The third-order valence-electron chi connectivity index (χ3n) is 3.43. The predicted octanol–water partition coefficient (Wildman–Crippen LogP) is 3.52. The van der Waals surface area contributed by atoms with Gasteiger partial charge in [0.05, 0.1) is 25.2 Å². The standard InChI is InChI=1S/C16H17BrN2O5/c1-23-15-6-3-10(7-16(15)24-2)14(20)9-18-12-8-11(17)4-5-13(12)19(21)22/h3-8,14,18,20H,9H2,1-2H3. The van der Waals surface area contributed by atoms with Crippen molar-refractivity contribution in [1.82, 2.24) is 0 Å². The molecule has 0 amide bonds. The van der Waals surface area contributed by atoms with E-state index < -0.39 is 11.0 Å². The molecule has 8 heteroatoms. The molecule has 2 aromatic rings. The van der Waals surface area contributed by atoms with E-state index in [2.05, 4.69) is 21.2 Å². The first-order valence-electron chi connectivity index (χ1n) is 7.04. The number of nitro groups is 1. The maximum atomic E-state index is 11.1. The SMILES string of the molecule is COc1ccc(C(O)CNc2cc(Br)ccc2[N+](=O)[O-])cc1OC. The van der Waals surface area contributed by atoms with Crippen molar-refractivity contribution in [3.63, 3.8) is 0 Å². The Balaban J connectivity index is 2.15. The van der Waals surface area contributed by atoms with Gasteiger partial charge in [0.15, 0.2) is 11.5 Å². The van der Waals surface area contributed by atoms with E-state index in [1.54, 1.807) is 30.3 Å². The number of halogens is 1. The zero-order valence-electron chi connectivity index (χ0n) is 13.2. The van der Waals surface area contributed by atoms with Gasteiger partial charge in [0, 0.05) is 17.1 Å². The van der Waals surface area contributed by atoms with Crippen molar-refractivity contribution in [2.45, 2.75) is 6.10 Å². The van der Waals surface area contributed by atoms with Gasteiger partial charge in [-0.3, -0.25) is 10.1 Å². The number of hydrogen-bond acceptors (Lipinski definition) is 6. The second kappa shape index (κ2) is 7.98. The first-order valence-corrected chi connectivity index (χ1v) is 7.83. The lowest BCUT2D eigenvalue weighted by Gasteiger charge is -2.15. The van der Waals surface area contributed by atoms with Crippen molar-refractivity contribution in [2.75, 3.05) is 26.1 Å². The Hall–Kier alpha value is -2.32. The summed E-state index contributed by atoms with van der Waals surface area (Å²) in [4.78, 5) is 10.6. The first-order chi connectivity index (χ1) is 11.5. The van der Waals surface area contributed by atoms with E-state index in [4.69, 9.17) is 9.47 Å². The molecule has 0 aliphatic rings. The van der Waals surface area contributed by atoms with E-state index in [1.807, 2.05) is 0 Å². The number of ether oxygens (including phenoxy) is 2. The van der Waals surface area contributed by atoms with Gasteiger partial charge in [-0.1, -0.05) is 22.0 Å². The minimum absolute atomic E-state index is 0.0577. The molecule has 128 valence electrons. The average molecular weight is 397 g/mol. The van der Waals surface area contributed by atoms with Crippen LogP contribution in [0.25, 0.3) is 0 Å². The van der Waals surface area contributed by atoms with Crippen LogP contribution in [0.3, 0.4) is 0 Å². The first kappa shape index (κ1) is 18.0. The maximum absolute atomic E-state index is 11.1. The lowest BCUT2D eigenvalue weighted by atomic mass is 10.1. The molecule has 24 heavy (non-hydrogen) atoms. The summed E-state index contributed by atoms with van der Waals surface area (Å²) in [6.45, 7) is 0.104. The Morgan fingerprint density at radius 1 is 1.21 bits per heavy atom. The highest BCUT2D eigenvalue weighted by molar-refractivity contribution is 9.10. The molecule has 2 aromatic carbocycles. The summed E-state index contributed by atoms with van der Waals surface area (Å²) in [7, 11) is 3.04. The van der Waals surface area contributed by atoms with Crippen LogP contribution in [0.15, 0.2) is 40.9 Å². The summed E-state index contributed by atoms with van der Waals surface area (Å²) in [6, 6.07) is 9.66. The molecule has 0 radical (unpaired) electrons. The molecular formula is C16H17BrN2O5. The van der Waals surface area contributed by atoms with Crippen molar-refractivity contribution in [1.29, 1.82) is 0 Å². The normalized spacial score (nSPS) is 11.7. The number of methoxy groups -OCH3 is 2. The fraction of sp³-hybridized carbons (Fsp3) is 0.250. The van der Waals surface area contributed by atoms with E-state index >= 15 is 0 Å². The monoisotopic (exact) mass is 396 g/mol. The average Bonchev–Trinajstić information content (AvgIpc) is 2.58. The topological polar surface area (TPSA) is 93.9 Å². The third kappa shape index (κ3) is 4.15. The van der Waals surface area contributed by atoms with Crippen molar-refractivity contribution >= 4 is 27.3 Å². The van der Waals surface area contributed by atoms with Gasteiger partial charge in [-0.05, 0) is 29.8 Å². The number of rotatable bonds is 7. The molecule has 0 spiro atoms. The van der Waals surface area contributed by atoms with Gasteiger partial charge in [0.2, 0.25) is 0 Å². The molecule has 7 nitrogen and oxygen atoms in total. The van der Waals surface area contributed by atoms with E-state index in [-0.39, 0.29) is 12.2 Å². The molecule has 2 rings (SSSR count). The van der Waals surface area contributed by atoms with Gasteiger partial charge in [0.1, 0.15) is 5.69 Å². The van der Waals surface area contributed by atoms with Crippen LogP contribution in [-0.2, 0) is 0 Å². The number of benzene rings is 2. The highest BCUT2D eigenvalue weighted by Gasteiger charge is 2.16. The summed E-state index contributed by atoms with van der Waals surface area (Å²) in [5.41, 5.74) is 0.879. The van der Waals surface area contributed by atoms with Gasteiger partial charge in [0.25, 0.3) is 5.69 Å². The largest absolute Gasteiger partial charge is 0.493 e. The highest BCUT2D eigenvalue weighted by Crippen LogP contribution is 2.31. The predicted molar refractivity (Wildman–Crippen MR) is 93.8 cm³/mol. The molecule has 0 heterocycles. The molecule has 0 fully saturated rings. The van der Waals surface area contributed by atoms with Crippen molar-refractivity contribution in [3.05, 3.63) is 56.5 Å². The zero-order valence-corrected chi connectivity index (χ0v) is 14.7. The summed E-state index contributed by atoms with van der Waals surface area (Å²) in [6.07, 6.45) is -0.872. The fourth-order valence-electron chi connectivity index (χ4n) is 2.19. The molecule has 2 N–H and O–H groups in total. The van der Waals surface area contributed by atoms with Crippen LogP contribution in [0.2, 0.25) is 0 Å². The summed E-state index contributed by atoms with van der Waals surface area (Å²) in [5, 5.41) is 24.3. The maximum Gasteiger partial charge on any atom is 0.292 e. The Bertz CT molecular complexity index is 738. The van der Waals surface area contributed by atoms with Crippen LogP contribution in [-0.4, -0.2) is 30.8 Å². The van der Waals surface area contributed by atoms with Crippen LogP contribution in [0.5, 0.6) is 11.5 Å². The van der Waals surface area contributed by atoms with Crippen LogP contribution in [0.4, 0.5) is 11.4 Å². The molecular weight excluding hydrogens is 380 g/mol. The second-order valence-electron chi connectivity index (χ2n) is 4.93. The number of nitrogens with zero attached hydrogens (tertiary/aromatic N) is 1. The van der Waals surface area contributed by atoms with E-state index in [0.29, 0.717) is 27.2 Å². The molecule has 0 saturated heterocycles. The van der Waals surface area contributed by atoms with Crippen molar-refractivity contribution in [3.8, 4) is 11.5 Å².